The first-order chi connectivity index (χ1) is 10.4. The zero-order valence-corrected chi connectivity index (χ0v) is 13.2. The minimum absolute atomic E-state index is 0.217. The highest BCUT2D eigenvalue weighted by atomic mass is 35.5. The summed E-state index contributed by atoms with van der Waals surface area (Å²) in [5, 5.41) is 12.5. The molecule has 0 saturated carbocycles. The summed E-state index contributed by atoms with van der Waals surface area (Å²) in [7, 11) is 0. The van der Waals surface area contributed by atoms with Crippen LogP contribution in [0.25, 0.3) is 0 Å². The molecule has 0 spiro atoms. The second-order valence-electron chi connectivity index (χ2n) is 5.61. The summed E-state index contributed by atoms with van der Waals surface area (Å²) < 4.78 is 5.34. The van der Waals surface area contributed by atoms with Crippen LogP contribution in [0.3, 0.4) is 0 Å². The second-order valence-corrected chi connectivity index (χ2v) is 6.05. The first-order valence-corrected chi connectivity index (χ1v) is 7.30. The Morgan fingerprint density at radius 1 is 1.36 bits per heavy atom. The van der Waals surface area contributed by atoms with Crippen LogP contribution in [0.5, 0.6) is 0 Å². The lowest BCUT2D eigenvalue weighted by Crippen LogP contribution is -2.44. The number of carbonyl (C=O) groups is 1. The first-order valence-electron chi connectivity index (χ1n) is 6.92. The maximum Gasteiger partial charge on any atom is 0.229 e. The normalized spacial score (nSPS) is 12.5. The van der Waals surface area contributed by atoms with E-state index in [4.69, 9.17) is 21.3 Å². The van der Waals surface area contributed by atoms with E-state index in [1.807, 2.05) is 18.2 Å². The summed E-state index contributed by atoms with van der Waals surface area (Å²) in [5.41, 5.74) is -0.0997. The summed E-state index contributed by atoms with van der Waals surface area (Å²) >= 11 is 5.91. The molecule has 1 aromatic carbocycles. The van der Waals surface area contributed by atoms with Gasteiger partial charge in [-0.15, -0.1) is 0 Å². The molecule has 5 heteroatoms. The van der Waals surface area contributed by atoms with Crippen LogP contribution in [0.15, 0.2) is 47.1 Å². The molecule has 114 valence electrons. The highest BCUT2D eigenvalue weighted by Crippen LogP contribution is 2.24. The number of amides is 1. The minimum Gasteiger partial charge on any atom is -0.469 e. The van der Waals surface area contributed by atoms with Gasteiger partial charge in [0, 0.05) is 11.4 Å². The van der Waals surface area contributed by atoms with Gasteiger partial charge in [-0.05, 0) is 43.7 Å². The molecule has 1 aromatic heterocycles. The monoisotopic (exact) mass is 316 g/mol. The van der Waals surface area contributed by atoms with Crippen molar-refractivity contribution >= 4 is 17.5 Å². The summed E-state index contributed by atoms with van der Waals surface area (Å²) in [6.07, 6.45) is 1.99. The number of furan rings is 1. The molecule has 1 N–H and O–H groups in total. The van der Waals surface area contributed by atoms with Crippen molar-refractivity contribution in [3.05, 3.63) is 59.0 Å². The Hall–Kier alpha value is -2.25. The summed E-state index contributed by atoms with van der Waals surface area (Å²) in [5.74, 6) is 0.0474. The van der Waals surface area contributed by atoms with E-state index in [-0.39, 0.29) is 5.91 Å². The molecule has 0 saturated heterocycles. The molecule has 22 heavy (non-hydrogen) atoms. The van der Waals surface area contributed by atoms with E-state index in [2.05, 4.69) is 11.4 Å². The van der Waals surface area contributed by atoms with Crippen molar-refractivity contribution in [3.63, 3.8) is 0 Å². The van der Waals surface area contributed by atoms with Gasteiger partial charge in [-0.25, -0.2) is 0 Å². The largest absolute Gasteiger partial charge is 0.469 e. The Labute approximate surface area is 134 Å². The number of rotatable bonds is 5. The van der Waals surface area contributed by atoms with Crippen LogP contribution in [0, 0.1) is 11.3 Å². The fourth-order valence-electron chi connectivity index (χ4n) is 2.11. The van der Waals surface area contributed by atoms with Gasteiger partial charge >= 0.3 is 0 Å². The number of hydrogen-bond acceptors (Lipinski definition) is 3. The number of nitrogens with one attached hydrogen (secondary N) is 1. The maximum absolute atomic E-state index is 12.6. The molecule has 1 amide bonds. The predicted molar refractivity (Wildman–Crippen MR) is 84.4 cm³/mol. The summed E-state index contributed by atoms with van der Waals surface area (Å²) in [4.78, 5) is 12.6. The number of hydrogen-bond donors (Lipinski definition) is 1. The molecule has 1 atom stereocenters. The van der Waals surface area contributed by atoms with Crippen LogP contribution in [0.4, 0.5) is 0 Å². The van der Waals surface area contributed by atoms with Crippen molar-refractivity contribution in [1.29, 1.82) is 5.26 Å². The smallest absolute Gasteiger partial charge is 0.229 e. The van der Waals surface area contributed by atoms with E-state index in [1.165, 1.54) is 0 Å². The predicted octanol–water partition coefficient (Wildman–Crippen LogP) is 3.68. The molecule has 0 aliphatic heterocycles. The molecule has 0 fully saturated rings. The van der Waals surface area contributed by atoms with Crippen LogP contribution < -0.4 is 5.32 Å². The topological polar surface area (TPSA) is 66.0 Å². The van der Waals surface area contributed by atoms with E-state index in [0.717, 1.165) is 5.56 Å². The van der Waals surface area contributed by atoms with Crippen molar-refractivity contribution in [2.45, 2.75) is 31.7 Å². The quantitative estimate of drug-likeness (QED) is 0.915. The third-order valence-electron chi connectivity index (χ3n) is 3.29. The standard InChI is InChI=1S/C17H17ClN2O2/c1-17(2,11-19)20-16(21)15(10-14-4-3-9-22-14)12-5-7-13(18)8-6-12/h3-9,15H,10H2,1-2H3,(H,20,21). The van der Waals surface area contributed by atoms with Gasteiger partial charge in [0.1, 0.15) is 11.3 Å². The summed E-state index contributed by atoms with van der Waals surface area (Å²) in [6, 6.07) is 12.8. The zero-order valence-electron chi connectivity index (χ0n) is 12.5. The van der Waals surface area contributed by atoms with Gasteiger partial charge in [0.15, 0.2) is 0 Å². The van der Waals surface area contributed by atoms with Gasteiger partial charge in [-0.3, -0.25) is 4.79 Å². The van der Waals surface area contributed by atoms with Crippen molar-refractivity contribution in [2.24, 2.45) is 0 Å². The SMILES string of the molecule is CC(C)(C#N)NC(=O)C(Cc1ccco1)c1ccc(Cl)cc1. The minimum atomic E-state index is -0.926. The van der Waals surface area contributed by atoms with Crippen molar-refractivity contribution in [2.75, 3.05) is 0 Å². The lowest BCUT2D eigenvalue weighted by molar-refractivity contribution is -0.123. The molecule has 0 aliphatic carbocycles. The molecular formula is C17H17ClN2O2. The molecule has 0 aliphatic rings. The third-order valence-corrected chi connectivity index (χ3v) is 3.54. The average Bonchev–Trinajstić information content (AvgIpc) is 2.98. The van der Waals surface area contributed by atoms with Crippen LogP contribution in [-0.2, 0) is 11.2 Å². The van der Waals surface area contributed by atoms with E-state index < -0.39 is 11.5 Å². The van der Waals surface area contributed by atoms with Crippen LogP contribution in [0.1, 0.15) is 31.1 Å². The molecular weight excluding hydrogens is 300 g/mol. The Bertz CT molecular complexity index is 670. The van der Waals surface area contributed by atoms with E-state index >= 15 is 0 Å². The molecule has 2 rings (SSSR count). The lowest BCUT2D eigenvalue weighted by Gasteiger charge is -2.22. The fourth-order valence-corrected chi connectivity index (χ4v) is 2.24. The first kappa shape index (κ1) is 16.1. The van der Waals surface area contributed by atoms with Crippen molar-refractivity contribution < 1.29 is 9.21 Å². The van der Waals surface area contributed by atoms with E-state index in [9.17, 15) is 4.79 Å². The van der Waals surface area contributed by atoms with Gasteiger partial charge in [0.05, 0.1) is 18.3 Å². The molecule has 2 aromatic rings. The molecule has 4 nitrogen and oxygen atoms in total. The van der Waals surface area contributed by atoms with Gasteiger partial charge in [0.25, 0.3) is 0 Å². The van der Waals surface area contributed by atoms with Crippen molar-refractivity contribution in [3.8, 4) is 6.07 Å². The molecule has 0 radical (unpaired) electrons. The van der Waals surface area contributed by atoms with Gasteiger partial charge in [-0.1, -0.05) is 23.7 Å². The maximum atomic E-state index is 12.6. The molecule has 1 heterocycles. The number of halogens is 1. The highest BCUT2D eigenvalue weighted by Gasteiger charge is 2.27. The lowest BCUT2D eigenvalue weighted by atomic mass is 9.92. The van der Waals surface area contributed by atoms with Crippen LogP contribution in [0.2, 0.25) is 5.02 Å². The third kappa shape index (κ3) is 4.12. The number of carbonyl (C=O) groups excluding carboxylic acids is 1. The molecule has 1 unspecified atom stereocenters. The van der Waals surface area contributed by atoms with Gasteiger partial charge < -0.3 is 9.73 Å². The summed E-state index contributed by atoms with van der Waals surface area (Å²) in [6.45, 7) is 3.33. The van der Waals surface area contributed by atoms with Crippen molar-refractivity contribution in [1.82, 2.24) is 5.32 Å². The Morgan fingerprint density at radius 2 is 2.05 bits per heavy atom. The molecule has 0 bridgehead atoms. The number of nitrogens with zero attached hydrogens (tertiary/aromatic N) is 1. The number of benzene rings is 1. The average molecular weight is 317 g/mol. The van der Waals surface area contributed by atoms with Crippen LogP contribution in [-0.4, -0.2) is 11.4 Å². The highest BCUT2D eigenvalue weighted by molar-refractivity contribution is 6.30. The second kappa shape index (κ2) is 6.67. The van der Waals surface area contributed by atoms with Gasteiger partial charge in [0.2, 0.25) is 5.91 Å². The Morgan fingerprint density at radius 3 is 2.59 bits per heavy atom. The fraction of sp³-hybridized carbons (Fsp3) is 0.294. The Kier molecular flexibility index (Phi) is 4.89. The van der Waals surface area contributed by atoms with E-state index in [1.54, 1.807) is 38.3 Å². The number of nitriles is 1. The van der Waals surface area contributed by atoms with Gasteiger partial charge in [-0.2, -0.15) is 5.26 Å². The zero-order chi connectivity index (χ0) is 16.2. The van der Waals surface area contributed by atoms with E-state index in [0.29, 0.717) is 17.2 Å². The Balaban J connectivity index is 2.27. The van der Waals surface area contributed by atoms with Crippen LogP contribution >= 0.6 is 11.6 Å².